The summed E-state index contributed by atoms with van der Waals surface area (Å²) in [6, 6.07) is 5.33. The van der Waals surface area contributed by atoms with Gasteiger partial charge < -0.3 is 30.5 Å². The number of nitrogens with zero attached hydrogens (tertiary/aromatic N) is 1. The van der Waals surface area contributed by atoms with Crippen molar-refractivity contribution in [2.45, 2.75) is 149 Å². The Morgan fingerprint density at radius 2 is 0.927 bits per heavy atom. The average Bonchev–Trinajstić information content (AvgIpc) is 2.92. The second-order valence-corrected chi connectivity index (χ2v) is 13.5. The highest BCUT2D eigenvalue weighted by Crippen LogP contribution is 2.19. The van der Waals surface area contributed by atoms with Gasteiger partial charge in [-0.1, -0.05) is 96.8 Å². The summed E-state index contributed by atoms with van der Waals surface area (Å²) in [5, 5.41) is 0. The van der Waals surface area contributed by atoms with Gasteiger partial charge in [-0.05, 0) is 39.2 Å². The Balaban J connectivity index is 0.00000292. The lowest BCUT2D eigenvalue weighted by atomic mass is 10.0. The predicted molar refractivity (Wildman–Crippen MR) is 166 cm³/mol. The zero-order valence-electron chi connectivity index (χ0n) is 26.6. The molecule has 0 N–H and O–H groups in total. The Labute approximate surface area is 250 Å². The molecule has 0 unspecified atom stereocenters. The van der Waals surface area contributed by atoms with E-state index < -0.39 is 16.1 Å². The molecule has 1 aromatic rings. The molecule has 41 heavy (non-hydrogen) atoms. The zero-order chi connectivity index (χ0) is 30.7. The van der Waals surface area contributed by atoms with Crippen molar-refractivity contribution in [2.24, 2.45) is 0 Å². The van der Waals surface area contributed by atoms with E-state index in [2.05, 4.69) is 36.0 Å². The summed E-state index contributed by atoms with van der Waals surface area (Å²) in [5.74, 6) is 0. The molecule has 0 aliphatic heterocycles. The number of pyridine rings is 1. The third kappa shape index (κ3) is 26.4. The molecule has 4 nitrogen and oxygen atoms in total. The van der Waals surface area contributed by atoms with Gasteiger partial charge in [-0.2, -0.15) is 0 Å². The molecule has 0 saturated carbocycles. The fourth-order valence-electron chi connectivity index (χ4n) is 4.95. The van der Waals surface area contributed by atoms with Gasteiger partial charge in [0.1, 0.15) is 6.54 Å². The van der Waals surface area contributed by atoms with Crippen LogP contribution in [0.15, 0.2) is 24.5 Å². The first-order valence-corrected chi connectivity index (χ1v) is 18.4. The maximum absolute atomic E-state index is 9.75. The van der Waals surface area contributed by atoms with Crippen LogP contribution in [-0.2, 0) is 26.2 Å². The van der Waals surface area contributed by atoms with Crippen molar-refractivity contribution in [1.29, 1.82) is 0 Å². The third-order valence-electron chi connectivity index (χ3n) is 7.04. The van der Waals surface area contributed by atoms with E-state index in [1.165, 1.54) is 108 Å². The number of aromatic nitrogens is 1. The first-order chi connectivity index (χ1) is 19.7. The lowest BCUT2D eigenvalue weighted by molar-refractivity contribution is -0.697. The van der Waals surface area contributed by atoms with Crippen LogP contribution < -0.4 is 4.57 Å². The summed E-state index contributed by atoms with van der Waals surface area (Å²) in [6.45, 7) is 11.4. The molecule has 10 heteroatoms. The number of rotatable bonds is 26. The van der Waals surface area contributed by atoms with Crippen molar-refractivity contribution in [3.05, 3.63) is 30.1 Å². The summed E-state index contributed by atoms with van der Waals surface area (Å²) >= 11 is 0. The van der Waals surface area contributed by atoms with E-state index in [-0.39, 0.29) is 0 Å². The van der Waals surface area contributed by atoms with E-state index in [0.29, 0.717) is 19.8 Å². The van der Waals surface area contributed by atoms with Gasteiger partial charge in [-0.15, -0.1) is 0 Å². The van der Waals surface area contributed by atoms with Gasteiger partial charge >= 0.3 is 16.1 Å². The van der Waals surface area contributed by atoms with Gasteiger partial charge in [0.05, 0.1) is 0 Å². The zero-order valence-corrected chi connectivity index (χ0v) is 27.6. The Morgan fingerprint density at radius 1 is 0.585 bits per heavy atom. The molecule has 242 valence electrons. The van der Waals surface area contributed by atoms with Crippen molar-refractivity contribution < 1.29 is 35.1 Å². The lowest BCUT2D eigenvalue weighted by Crippen LogP contribution is -2.46. The molecule has 0 aliphatic carbocycles. The summed E-state index contributed by atoms with van der Waals surface area (Å²) in [4.78, 5) is 0. The molecule has 0 saturated heterocycles. The van der Waals surface area contributed by atoms with Crippen molar-refractivity contribution in [2.75, 3.05) is 19.8 Å². The topological polar surface area (TPSA) is 31.6 Å². The molecule has 0 bridgehead atoms. The average molecular weight is 610 g/mol. The molecule has 0 aliphatic rings. The van der Waals surface area contributed by atoms with Crippen LogP contribution >= 0.6 is 0 Å². The van der Waals surface area contributed by atoms with E-state index >= 15 is 0 Å². The van der Waals surface area contributed by atoms with E-state index in [0.717, 1.165) is 19.0 Å². The lowest BCUT2D eigenvalue weighted by Gasteiger charge is -2.28. The monoisotopic (exact) mass is 609 g/mol. The Morgan fingerprint density at radius 3 is 1.27 bits per heavy atom. The minimum absolute atomic E-state index is 0.639. The van der Waals surface area contributed by atoms with Crippen LogP contribution in [0.5, 0.6) is 0 Å². The maximum Gasteiger partial charge on any atom is 0.673 e. The van der Waals surface area contributed by atoms with Crippen LogP contribution in [0.1, 0.15) is 136 Å². The fraction of sp³-hybridized carbons (Fsp3) is 0.839. The molecular weight excluding hydrogens is 549 g/mol. The molecule has 0 aromatic carbocycles. The van der Waals surface area contributed by atoms with E-state index in [9.17, 15) is 17.3 Å². The summed E-state index contributed by atoms with van der Waals surface area (Å²) in [6.07, 6.45) is 28.1. The van der Waals surface area contributed by atoms with Gasteiger partial charge in [0.25, 0.3) is 0 Å². The SMILES string of the molecule is CCCCCCCCCCCCCCCCCC[n+]1ccc(CC[Si](OCC)(OCC)OCC)cc1.F[B-](F)(F)F. The molecule has 1 heterocycles. The Hall–Kier alpha value is -0.968. The first kappa shape index (κ1) is 40.0. The third-order valence-corrected chi connectivity index (χ3v) is 10.1. The first-order valence-electron chi connectivity index (χ1n) is 16.5. The molecule has 0 amide bonds. The van der Waals surface area contributed by atoms with E-state index in [4.69, 9.17) is 13.3 Å². The van der Waals surface area contributed by atoms with Crippen LogP contribution in [0, 0.1) is 0 Å². The van der Waals surface area contributed by atoms with Crippen molar-refractivity contribution in [1.82, 2.24) is 0 Å². The highest BCUT2D eigenvalue weighted by atomic mass is 28.4. The summed E-state index contributed by atoms with van der Waals surface area (Å²) in [5.41, 5.74) is 1.33. The summed E-state index contributed by atoms with van der Waals surface area (Å²) < 4.78 is 59.3. The van der Waals surface area contributed by atoms with E-state index in [1.807, 2.05) is 20.8 Å². The predicted octanol–water partition coefficient (Wildman–Crippen LogP) is 10.1. The van der Waals surface area contributed by atoms with Gasteiger partial charge in [0, 0.05) is 44.4 Å². The molecule has 0 fully saturated rings. The minimum Gasteiger partial charge on any atom is -0.418 e. The standard InChI is InChI=1S/C31H60NO3Si.BF4/c1-5-9-10-11-12-13-14-15-16-17-18-19-20-21-22-23-27-32-28-24-31(25-29-32)26-30-36(33-6-2,34-7-3)35-8-4;2-1(3,4)5/h24-25,28-29H,5-23,26-27,30H2,1-4H3;/q+1;-1. The van der Waals surface area contributed by atoms with Gasteiger partial charge in [-0.25, -0.2) is 4.57 Å². The number of hydrogen-bond acceptors (Lipinski definition) is 3. The van der Waals surface area contributed by atoms with Crippen molar-refractivity contribution >= 4 is 16.1 Å². The molecule has 1 rings (SSSR count). The molecule has 1 aromatic heterocycles. The smallest absolute Gasteiger partial charge is 0.418 e. The highest BCUT2D eigenvalue weighted by molar-refractivity contribution is 6.60. The van der Waals surface area contributed by atoms with Crippen molar-refractivity contribution in [3.63, 3.8) is 0 Å². The Bertz CT molecular complexity index is 676. The van der Waals surface area contributed by atoms with Crippen LogP contribution in [-0.4, -0.2) is 35.9 Å². The number of hydrogen-bond donors (Lipinski definition) is 0. The summed E-state index contributed by atoms with van der Waals surface area (Å²) in [7, 11) is -8.55. The Kier molecular flexibility index (Phi) is 26.0. The van der Waals surface area contributed by atoms with Gasteiger partial charge in [-0.3, -0.25) is 0 Å². The van der Waals surface area contributed by atoms with Crippen LogP contribution in [0.25, 0.3) is 0 Å². The van der Waals surface area contributed by atoms with Crippen LogP contribution in [0.4, 0.5) is 17.3 Å². The molecule has 0 spiro atoms. The maximum atomic E-state index is 9.75. The molecule has 0 atom stereocenters. The fourth-order valence-corrected chi connectivity index (χ4v) is 7.54. The molecule has 0 radical (unpaired) electrons. The van der Waals surface area contributed by atoms with Gasteiger partial charge in [0.15, 0.2) is 12.4 Å². The number of aryl methyl sites for hydroxylation is 2. The largest absolute Gasteiger partial charge is 0.673 e. The highest BCUT2D eigenvalue weighted by Gasteiger charge is 2.39. The second kappa shape index (κ2) is 26.6. The van der Waals surface area contributed by atoms with Crippen LogP contribution in [0.2, 0.25) is 6.04 Å². The number of halogens is 4. The molecular formula is C31H60BF4NO3Si. The minimum atomic E-state index is -6.00. The van der Waals surface area contributed by atoms with E-state index in [1.54, 1.807) is 0 Å². The van der Waals surface area contributed by atoms with Crippen molar-refractivity contribution in [3.8, 4) is 0 Å². The van der Waals surface area contributed by atoms with Crippen LogP contribution in [0.3, 0.4) is 0 Å². The second-order valence-electron chi connectivity index (χ2n) is 10.7. The quantitative estimate of drug-likeness (QED) is 0.0453. The normalized spacial score (nSPS) is 11.9. The van der Waals surface area contributed by atoms with Gasteiger partial charge in [0.2, 0.25) is 0 Å². The number of unbranched alkanes of at least 4 members (excludes halogenated alkanes) is 15.